The number of likely N-dealkylation sites (N-methyl/N-ethyl adjacent to an activating group) is 1. The van der Waals surface area contributed by atoms with Gasteiger partial charge >= 0.3 is 0 Å². The van der Waals surface area contributed by atoms with E-state index in [1.165, 1.54) is 72.8 Å². The SMILES string of the molecule is CN(C(CSCc1ccccn1)C(=O)NO)S(=O)(=O)c1ccc(Oc2ccc(F)cc2)cc1. The third kappa shape index (κ3) is 6.51. The summed E-state index contributed by atoms with van der Waals surface area (Å²) >= 11 is 1.32. The molecule has 3 aromatic rings. The third-order valence-electron chi connectivity index (χ3n) is 4.65. The molecule has 33 heavy (non-hydrogen) atoms. The maximum Gasteiger partial charge on any atom is 0.262 e. The summed E-state index contributed by atoms with van der Waals surface area (Å²) in [6, 6.07) is 15.3. The highest BCUT2D eigenvalue weighted by Crippen LogP contribution is 2.25. The molecule has 1 heterocycles. The smallest absolute Gasteiger partial charge is 0.262 e. The van der Waals surface area contributed by atoms with Crippen molar-refractivity contribution in [3.63, 3.8) is 0 Å². The van der Waals surface area contributed by atoms with Crippen molar-refractivity contribution in [3.8, 4) is 11.5 Å². The number of nitrogens with one attached hydrogen (secondary N) is 1. The number of rotatable bonds is 10. The van der Waals surface area contributed by atoms with Gasteiger partial charge in [0.1, 0.15) is 23.4 Å². The number of halogens is 1. The van der Waals surface area contributed by atoms with Gasteiger partial charge in [-0.25, -0.2) is 18.3 Å². The highest BCUT2D eigenvalue weighted by molar-refractivity contribution is 7.98. The van der Waals surface area contributed by atoms with E-state index in [2.05, 4.69) is 4.98 Å². The van der Waals surface area contributed by atoms with Crippen molar-refractivity contribution in [1.82, 2.24) is 14.8 Å². The van der Waals surface area contributed by atoms with Crippen LogP contribution in [0.15, 0.2) is 77.8 Å². The summed E-state index contributed by atoms with van der Waals surface area (Å²) in [5, 5.41) is 9.12. The van der Waals surface area contributed by atoms with Crippen LogP contribution in [0.25, 0.3) is 0 Å². The number of benzene rings is 2. The molecule has 2 aromatic carbocycles. The zero-order chi connectivity index (χ0) is 23.8. The number of thioether (sulfide) groups is 1. The second-order valence-electron chi connectivity index (χ2n) is 6.88. The van der Waals surface area contributed by atoms with Crippen molar-refractivity contribution in [2.45, 2.75) is 16.7 Å². The van der Waals surface area contributed by atoms with Crippen LogP contribution in [0.3, 0.4) is 0 Å². The zero-order valence-corrected chi connectivity index (χ0v) is 19.2. The first-order valence-electron chi connectivity index (χ1n) is 9.74. The van der Waals surface area contributed by atoms with Crippen molar-refractivity contribution in [1.29, 1.82) is 0 Å². The summed E-state index contributed by atoms with van der Waals surface area (Å²) in [5.41, 5.74) is 2.32. The van der Waals surface area contributed by atoms with Crippen molar-refractivity contribution in [3.05, 3.63) is 84.4 Å². The maximum atomic E-state index is 13.1. The van der Waals surface area contributed by atoms with E-state index < -0.39 is 27.8 Å². The molecule has 0 radical (unpaired) electrons. The Morgan fingerprint density at radius 1 is 1.12 bits per heavy atom. The normalized spacial score (nSPS) is 12.4. The number of pyridine rings is 1. The van der Waals surface area contributed by atoms with E-state index in [-0.39, 0.29) is 10.6 Å². The molecule has 3 rings (SSSR count). The minimum absolute atomic E-state index is 0.0538. The fourth-order valence-corrected chi connectivity index (χ4v) is 5.34. The number of amides is 1. The number of hydroxylamine groups is 1. The van der Waals surface area contributed by atoms with E-state index in [0.717, 1.165) is 10.00 Å². The molecule has 8 nitrogen and oxygen atoms in total. The van der Waals surface area contributed by atoms with E-state index in [4.69, 9.17) is 9.94 Å². The van der Waals surface area contributed by atoms with Gasteiger partial charge in [0, 0.05) is 24.8 Å². The van der Waals surface area contributed by atoms with E-state index in [9.17, 15) is 17.6 Å². The lowest BCUT2D eigenvalue weighted by Crippen LogP contribution is -2.48. The van der Waals surface area contributed by atoms with Crippen molar-refractivity contribution in [2.24, 2.45) is 0 Å². The molecule has 2 N–H and O–H groups in total. The number of aromatic nitrogens is 1. The molecular weight excluding hydrogens is 469 g/mol. The zero-order valence-electron chi connectivity index (χ0n) is 17.6. The summed E-state index contributed by atoms with van der Waals surface area (Å²) < 4.78 is 45.7. The first kappa shape index (κ1) is 24.6. The van der Waals surface area contributed by atoms with Crippen LogP contribution in [0.2, 0.25) is 0 Å². The standard InChI is InChI=1S/C22H22FN3O5S2/c1-26(21(22(27)25-28)15-32-14-17-4-2-3-13-24-17)33(29,30)20-11-9-19(10-12-20)31-18-7-5-16(23)6-8-18/h2-13,21,28H,14-15H2,1H3,(H,25,27). The Morgan fingerprint density at radius 2 is 1.76 bits per heavy atom. The number of nitrogens with zero attached hydrogens (tertiary/aromatic N) is 2. The molecule has 1 unspecified atom stereocenters. The fraction of sp³-hybridized carbons (Fsp3) is 0.182. The lowest BCUT2D eigenvalue weighted by molar-refractivity contribution is -0.132. The van der Waals surface area contributed by atoms with Gasteiger partial charge in [-0.05, 0) is 60.7 Å². The Kier molecular flexibility index (Phi) is 8.39. The molecule has 1 amide bonds. The van der Waals surface area contributed by atoms with Crippen molar-refractivity contribution >= 4 is 27.7 Å². The number of hydrogen-bond donors (Lipinski definition) is 2. The predicted molar refractivity (Wildman–Crippen MR) is 122 cm³/mol. The highest BCUT2D eigenvalue weighted by Gasteiger charge is 2.33. The topological polar surface area (TPSA) is 109 Å². The van der Waals surface area contributed by atoms with Crippen LogP contribution in [0.4, 0.5) is 4.39 Å². The van der Waals surface area contributed by atoms with Gasteiger partial charge in [-0.2, -0.15) is 16.1 Å². The first-order valence-corrected chi connectivity index (χ1v) is 12.3. The summed E-state index contributed by atoms with van der Waals surface area (Å²) in [4.78, 5) is 16.3. The minimum Gasteiger partial charge on any atom is -0.457 e. The van der Waals surface area contributed by atoms with Crippen LogP contribution in [-0.4, -0.2) is 47.7 Å². The minimum atomic E-state index is -4.06. The van der Waals surface area contributed by atoms with E-state index >= 15 is 0 Å². The molecule has 0 aliphatic rings. The molecule has 0 spiro atoms. The van der Waals surface area contributed by atoms with Gasteiger partial charge in [-0.3, -0.25) is 15.0 Å². The first-order chi connectivity index (χ1) is 15.8. The lowest BCUT2D eigenvalue weighted by atomic mass is 10.3. The van der Waals surface area contributed by atoms with Crippen LogP contribution in [0.5, 0.6) is 11.5 Å². The number of hydrogen-bond acceptors (Lipinski definition) is 7. The van der Waals surface area contributed by atoms with Gasteiger partial charge in [0.15, 0.2) is 0 Å². The molecule has 0 saturated carbocycles. The van der Waals surface area contributed by atoms with Gasteiger partial charge in [0.05, 0.1) is 10.6 Å². The lowest BCUT2D eigenvalue weighted by Gasteiger charge is -2.25. The van der Waals surface area contributed by atoms with Gasteiger partial charge in [0.25, 0.3) is 5.91 Å². The monoisotopic (exact) mass is 491 g/mol. The van der Waals surface area contributed by atoms with E-state index in [1.54, 1.807) is 12.3 Å². The van der Waals surface area contributed by atoms with Crippen molar-refractivity contribution in [2.75, 3.05) is 12.8 Å². The Labute approximate surface area is 195 Å². The third-order valence-corrected chi connectivity index (χ3v) is 7.59. The summed E-state index contributed by atoms with van der Waals surface area (Å²) in [6.45, 7) is 0. The fourth-order valence-electron chi connectivity index (χ4n) is 2.83. The quantitative estimate of drug-likeness (QED) is 0.330. The van der Waals surface area contributed by atoms with E-state index in [1.807, 2.05) is 12.1 Å². The summed E-state index contributed by atoms with van der Waals surface area (Å²) in [7, 11) is -2.78. The van der Waals surface area contributed by atoms with Gasteiger partial charge in [0.2, 0.25) is 10.0 Å². The number of carbonyl (C=O) groups excluding carboxylic acids is 1. The van der Waals surface area contributed by atoms with Crippen LogP contribution >= 0.6 is 11.8 Å². The van der Waals surface area contributed by atoms with Gasteiger partial charge in [-0.1, -0.05) is 6.07 Å². The summed E-state index contributed by atoms with van der Waals surface area (Å²) in [6.07, 6.45) is 1.65. The number of carbonyl (C=O) groups is 1. The van der Waals surface area contributed by atoms with Gasteiger partial charge < -0.3 is 4.74 Å². The van der Waals surface area contributed by atoms with Gasteiger partial charge in [-0.15, -0.1) is 0 Å². The van der Waals surface area contributed by atoms with Crippen molar-refractivity contribution < 1.29 is 27.5 Å². The molecule has 0 aliphatic carbocycles. The summed E-state index contributed by atoms with van der Waals surface area (Å²) in [5.74, 6) is 0.0916. The second kappa shape index (κ2) is 11.2. The van der Waals surface area contributed by atoms with Crippen LogP contribution in [0, 0.1) is 5.82 Å². The molecule has 174 valence electrons. The Balaban J connectivity index is 1.70. The second-order valence-corrected chi connectivity index (χ2v) is 9.90. The average molecular weight is 492 g/mol. The van der Waals surface area contributed by atoms with Crippen LogP contribution in [-0.2, 0) is 20.6 Å². The molecule has 0 fully saturated rings. The highest BCUT2D eigenvalue weighted by atomic mass is 32.2. The number of ether oxygens (including phenoxy) is 1. The number of sulfonamides is 1. The average Bonchev–Trinajstić information content (AvgIpc) is 2.83. The Hall–Kier alpha value is -2.99. The Bertz CT molecular complexity index is 1160. The van der Waals surface area contributed by atoms with E-state index in [0.29, 0.717) is 17.3 Å². The molecule has 1 atom stereocenters. The molecule has 1 aromatic heterocycles. The van der Waals surface area contributed by atoms with Crippen LogP contribution in [0.1, 0.15) is 5.69 Å². The van der Waals surface area contributed by atoms with Crippen LogP contribution < -0.4 is 10.2 Å². The molecule has 0 bridgehead atoms. The molecule has 0 saturated heterocycles. The predicted octanol–water partition coefficient (Wildman–Crippen LogP) is 3.44. The maximum absolute atomic E-state index is 13.1. The molecular formula is C22H22FN3O5S2. The largest absolute Gasteiger partial charge is 0.457 e. The molecule has 0 aliphatic heterocycles. The Morgan fingerprint density at radius 3 is 2.33 bits per heavy atom. The molecule has 11 heteroatoms.